The molecule has 0 heterocycles. The van der Waals surface area contributed by atoms with Crippen molar-refractivity contribution in [3.63, 3.8) is 0 Å². The molecule has 0 N–H and O–H groups in total. The van der Waals surface area contributed by atoms with Crippen molar-refractivity contribution in [2.24, 2.45) is 0 Å². The second-order valence-electron chi connectivity index (χ2n) is 16.8. The van der Waals surface area contributed by atoms with Gasteiger partial charge in [-0.2, -0.15) is 0 Å². The Kier molecular flexibility index (Phi) is 29.4. The van der Waals surface area contributed by atoms with Crippen LogP contribution in [0.25, 0.3) is 0 Å². The maximum atomic E-state index is 2.81. The predicted molar refractivity (Wildman–Crippen MR) is 234 cm³/mol. The summed E-state index contributed by atoms with van der Waals surface area (Å²) in [5.74, 6) is 0. The zero-order chi connectivity index (χ0) is 37.2. The molecule has 2 aromatic rings. The molecule has 0 aliphatic heterocycles. The highest BCUT2D eigenvalue weighted by molar-refractivity contribution is 5.35. The van der Waals surface area contributed by atoms with Gasteiger partial charge < -0.3 is 0 Å². The summed E-state index contributed by atoms with van der Waals surface area (Å²) >= 11 is 0. The first-order chi connectivity index (χ1) is 25.7. The summed E-state index contributed by atoms with van der Waals surface area (Å²) in [6, 6.07) is 21.1. The van der Waals surface area contributed by atoms with E-state index in [1.54, 1.807) is 11.1 Å². The number of aryl methyl sites for hydroxylation is 1. The first kappa shape index (κ1) is 46.6. The van der Waals surface area contributed by atoms with Crippen molar-refractivity contribution >= 4 is 0 Å². The second-order valence-corrected chi connectivity index (χ2v) is 16.8. The predicted octanol–water partition coefficient (Wildman–Crippen LogP) is 17.1. The lowest BCUT2D eigenvalue weighted by atomic mass is 9.76. The van der Waals surface area contributed by atoms with E-state index >= 15 is 0 Å². The monoisotopic (exact) mass is 716 g/mol. The van der Waals surface area contributed by atoms with Gasteiger partial charge in [-0.1, -0.05) is 262 Å². The fraction of sp³-hybridized carbons (Fsp3) is 0.765. The van der Waals surface area contributed by atoms with Crippen LogP contribution in [-0.2, 0) is 18.5 Å². The van der Waals surface area contributed by atoms with Gasteiger partial charge in [-0.15, -0.1) is 0 Å². The van der Waals surface area contributed by atoms with E-state index in [1.165, 1.54) is 217 Å². The van der Waals surface area contributed by atoms with Gasteiger partial charge in [0.25, 0.3) is 0 Å². The van der Waals surface area contributed by atoms with Gasteiger partial charge in [0, 0.05) is 12.1 Å². The van der Waals surface area contributed by atoms with Crippen molar-refractivity contribution in [1.29, 1.82) is 0 Å². The van der Waals surface area contributed by atoms with Crippen LogP contribution >= 0.6 is 0 Å². The van der Waals surface area contributed by atoms with Crippen molar-refractivity contribution in [2.45, 2.75) is 245 Å². The molecule has 0 aliphatic carbocycles. The molecule has 0 unspecified atom stereocenters. The van der Waals surface area contributed by atoms with Crippen molar-refractivity contribution in [3.05, 3.63) is 71.3 Å². The van der Waals surface area contributed by atoms with Crippen LogP contribution in [-0.4, -0.2) is 11.9 Å². The molecule has 0 saturated heterocycles. The number of rotatable bonds is 37. The molecule has 1 nitrogen and oxygen atoms in total. The summed E-state index contributed by atoms with van der Waals surface area (Å²) in [5, 5.41) is 0. The summed E-state index contributed by atoms with van der Waals surface area (Å²) < 4.78 is 0. The Morgan fingerprint density at radius 3 is 1.15 bits per heavy atom. The summed E-state index contributed by atoms with van der Waals surface area (Å²) in [5.41, 5.74) is 4.86. The molecule has 0 radical (unpaired) electrons. The first-order valence-electron chi connectivity index (χ1n) is 23.5. The molecular weight excluding hydrogens is 627 g/mol. The van der Waals surface area contributed by atoms with Gasteiger partial charge in [-0.05, 0) is 49.4 Å². The Morgan fingerprint density at radius 2 is 0.731 bits per heavy atom. The third-order valence-electron chi connectivity index (χ3n) is 12.2. The van der Waals surface area contributed by atoms with Crippen LogP contribution in [0.3, 0.4) is 0 Å². The van der Waals surface area contributed by atoms with E-state index in [9.17, 15) is 0 Å². The van der Waals surface area contributed by atoms with E-state index in [1.807, 2.05) is 0 Å². The second kappa shape index (κ2) is 32.8. The van der Waals surface area contributed by atoms with E-state index in [0.29, 0.717) is 0 Å². The third-order valence-corrected chi connectivity index (χ3v) is 12.2. The van der Waals surface area contributed by atoms with Crippen molar-refractivity contribution in [1.82, 2.24) is 4.90 Å². The van der Waals surface area contributed by atoms with Gasteiger partial charge in [-0.25, -0.2) is 0 Å². The molecular formula is C51H89N. The number of unbranched alkanes of at least 4 members (excludes halogenated alkanes) is 27. The maximum absolute atomic E-state index is 2.81. The number of nitrogens with zero attached hydrogens (tertiary/aromatic N) is 1. The molecule has 0 bridgehead atoms. The van der Waals surface area contributed by atoms with Gasteiger partial charge in [0.2, 0.25) is 0 Å². The highest BCUT2D eigenvalue weighted by Gasteiger charge is 2.37. The average Bonchev–Trinajstić information content (AvgIpc) is 3.17. The van der Waals surface area contributed by atoms with Gasteiger partial charge >= 0.3 is 0 Å². The van der Waals surface area contributed by atoms with Crippen LogP contribution < -0.4 is 0 Å². The zero-order valence-electron chi connectivity index (χ0n) is 35.7. The standard InChI is InChI=1S/C51H89N/c1-5-8-11-14-17-20-23-26-29-35-42-49-43-36-37-44-50(49)51(52(4)47-48-40-33-32-34-41-48,45-38-30-27-24-21-18-15-12-9-6-2)46-39-31-28-25-22-19-16-13-10-7-3/h32-34,36-37,40-41,43-44H,5-31,35,38-39,42,45-47H2,1-4H3. The lowest BCUT2D eigenvalue weighted by Crippen LogP contribution is -2.44. The van der Waals surface area contributed by atoms with Crippen LogP contribution in [0, 0.1) is 0 Å². The van der Waals surface area contributed by atoms with E-state index in [4.69, 9.17) is 0 Å². The molecule has 0 aliphatic rings. The average molecular weight is 716 g/mol. The number of hydrogen-bond donors (Lipinski definition) is 0. The molecule has 0 spiro atoms. The van der Waals surface area contributed by atoms with Gasteiger partial charge in [0.05, 0.1) is 0 Å². The Bertz CT molecular complexity index is 1000. The van der Waals surface area contributed by atoms with Crippen LogP contribution in [0.15, 0.2) is 54.6 Å². The molecule has 0 amide bonds. The van der Waals surface area contributed by atoms with E-state index < -0.39 is 0 Å². The quantitative estimate of drug-likeness (QED) is 0.0630. The topological polar surface area (TPSA) is 3.24 Å². The van der Waals surface area contributed by atoms with Crippen LogP contribution in [0.5, 0.6) is 0 Å². The normalized spacial score (nSPS) is 11.9. The van der Waals surface area contributed by atoms with Gasteiger partial charge in [0.15, 0.2) is 0 Å². The minimum Gasteiger partial charge on any atom is -0.292 e. The molecule has 0 fully saturated rings. The molecule has 298 valence electrons. The van der Waals surface area contributed by atoms with Crippen LogP contribution in [0.1, 0.15) is 243 Å². The molecule has 2 rings (SSSR count). The summed E-state index contributed by atoms with van der Waals surface area (Å²) in [7, 11) is 2.47. The Morgan fingerprint density at radius 1 is 0.385 bits per heavy atom. The number of hydrogen-bond acceptors (Lipinski definition) is 1. The minimum absolute atomic E-state index is 0.102. The van der Waals surface area contributed by atoms with E-state index in [0.717, 1.165) is 6.54 Å². The molecule has 2 aromatic carbocycles. The zero-order valence-corrected chi connectivity index (χ0v) is 35.7. The fourth-order valence-corrected chi connectivity index (χ4v) is 8.80. The van der Waals surface area contributed by atoms with Gasteiger partial charge in [-0.3, -0.25) is 4.90 Å². The largest absolute Gasteiger partial charge is 0.292 e. The smallest absolute Gasteiger partial charge is 0.0463 e. The van der Waals surface area contributed by atoms with Crippen molar-refractivity contribution in [2.75, 3.05) is 7.05 Å². The van der Waals surface area contributed by atoms with Crippen LogP contribution in [0.2, 0.25) is 0 Å². The minimum atomic E-state index is 0.102. The highest BCUT2D eigenvalue weighted by atomic mass is 15.2. The molecule has 0 saturated carbocycles. The first-order valence-corrected chi connectivity index (χ1v) is 23.5. The molecule has 1 heteroatoms. The van der Waals surface area contributed by atoms with Crippen molar-refractivity contribution < 1.29 is 0 Å². The maximum Gasteiger partial charge on any atom is 0.0463 e. The molecule has 0 aromatic heterocycles. The number of benzene rings is 2. The lowest BCUT2D eigenvalue weighted by molar-refractivity contribution is 0.0799. The highest BCUT2D eigenvalue weighted by Crippen LogP contribution is 2.42. The SMILES string of the molecule is CCCCCCCCCCCCc1ccccc1C(CCCCCCCCCCCC)(CCCCCCCCCCCC)N(C)Cc1ccccc1. The lowest BCUT2D eigenvalue weighted by Gasteiger charge is -2.45. The van der Waals surface area contributed by atoms with Gasteiger partial charge in [0.1, 0.15) is 0 Å². The summed E-state index contributed by atoms with van der Waals surface area (Å²) in [4.78, 5) is 2.81. The fourth-order valence-electron chi connectivity index (χ4n) is 8.80. The van der Waals surface area contributed by atoms with Crippen molar-refractivity contribution in [3.8, 4) is 0 Å². The Balaban J connectivity index is 2.13. The van der Waals surface area contributed by atoms with E-state index in [-0.39, 0.29) is 5.54 Å². The van der Waals surface area contributed by atoms with E-state index in [2.05, 4.69) is 87.3 Å². The Hall–Kier alpha value is -1.60. The summed E-state index contributed by atoms with van der Waals surface area (Å²) in [6.45, 7) is 8.00. The molecule has 0 atom stereocenters. The van der Waals surface area contributed by atoms with Crippen LogP contribution in [0.4, 0.5) is 0 Å². The third kappa shape index (κ3) is 21.3. The molecule has 52 heavy (non-hydrogen) atoms. The summed E-state index contributed by atoms with van der Waals surface area (Å²) in [6.07, 6.45) is 46.0. The Labute approximate surface area is 326 Å².